The van der Waals surface area contributed by atoms with E-state index in [0.29, 0.717) is 0 Å². The Morgan fingerprint density at radius 1 is 0.500 bits per heavy atom. The molecule has 28 heavy (non-hydrogen) atoms. The Hall–Kier alpha value is -3.72. The number of benzene rings is 4. The summed E-state index contributed by atoms with van der Waals surface area (Å²) in [5, 5.41) is 6.81. The predicted octanol–water partition coefficient (Wildman–Crippen LogP) is 6.85. The number of methoxy groups -OCH3 is 1. The highest BCUT2D eigenvalue weighted by Gasteiger charge is 2.03. The van der Waals surface area contributed by atoms with Crippen LogP contribution in [0.25, 0.3) is 11.1 Å². The van der Waals surface area contributed by atoms with E-state index in [1.54, 1.807) is 7.11 Å². The van der Waals surface area contributed by atoms with E-state index in [0.717, 1.165) is 28.5 Å². The molecule has 0 unspecified atom stereocenters. The summed E-state index contributed by atoms with van der Waals surface area (Å²) in [5.74, 6) is 0.827. The van der Waals surface area contributed by atoms with Crippen molar-refractivity contribution in [1.29, 1.82) is 0 Å². The van der Waals surface area contributed by atoms with Crippen molar-refractivity contribution in [2.24, 2.45) is 0 Å². The zero-order valence-corrected chi connectivity index (χ0v) is 15.7. The smallest absolute Gasteiger partial charge is 0.142 e. The molecule has 0 aliphatic heterocycles. The second-order valence-electron chi connectivity index (χ2n) is 6.47. The summed E-state index contributed by atoms with van der Waals surface area (Å²) >= 11 is 0. The summed E-state index contributed by atoms with van der Waals surface area (Å²) in [4.78, 5) is 0. The van der Waals surface area contributed by atoms with E-state index < -0.39 is 0 Å². The highest BCUT2D eigenvalue weighted by Crippen LogP contribution is 2.29. The van der Waals surface area contributed by atoms with Crippen LogP contribution >= 0.6 is 0 Å². The van der Waals surface area contributed by atoms with Crippen molar-refractivity contribution in [2.45, 2.75) is 0 Å². The third-order valence-corrected chi connectivity index (χ3v) is 4.55. The lowest BCUT2D eigenvalue weighted by Gasteiger charge is -2.12. The predicted molar refractivity (Wildman–Crippen MR) is 118 cm³/mol. The maximum absolute atomic E-state index is 5.40. The lowest BCUT2D eigenvalue weighted by Crippen LogP contribution is -1.94. The number of rotatable bonds is 6. The van der Waals surface area contributed by atoms with Crippen LogP contribution in [-0.4, -0.2) is 7.11 Å². The molecule has 3 nitrogen and oxygen atoms in total. The van der Waals surface area contributed by atoms with Gasteiger partial charge in [0.25, 0.3) is 0 Å². The summed E-state index contributed by atoms with van der Waals surface area (Å²) in [7, 11) is 1.68. The number of para-hydroxylation sites is 3. The highest BCUT2D eigenvalue weighted by molar-refractivity contribution is 5.72. The second-order valence-corrected chi connectivity index (χ2v) is 6.47. The van der Waals surface area contributed by atoms with E-state index in [1.807, 2.05) is 42.5 Å². The van der Waals surface area contributed by atoms with E-state index in [-0.39, 0.29) is 0 Å². The first kappa shape index (κ1) is 17.7. The summed E-state index contributed by atoms with van der Waals surface area (Å²) in [6.07, 6.45) is 0. The van der Waals surface area contributed by atoms with Gasteiger partial charge in [0, 0.05) is 17.1 Å². The maximum Gasteiger partial charge on any atom is 0.142 e. The average molecular weight is 366 g/mol. The summed E-state index contributed by atoms with van der Waals surface area (Å²) in [5.41, 5.74) is 6.50. The van der Waals surface area contributed by atoms with E-state index in [4.69, 9.17) is 4.74 Å². The minimum absolute atomic E-state index is 0.827. The Morgan fingerprint density at radius 2 is 1.00 bits per heavy atom. The third kappa shape index (κ3) is 4.15. The van der Waals surface area contributed by atoms with Crippen LogP contribution in [0.15, 0.2) is 103 Å². The van der Waals surface area contributed by atoms with Gasteiger partial charge in [-0.1, -0.05) is 54.6 Å². The lowest BCUT2D eigenvalue weighted by atomic mass is 10.0. The van der Waals surface area contributed by atoms with Gasteiger partial charge in [0.05, 0.1) is 12.8 Å². The maximum atomic E-state index is 5.40. The Morgan fingerprint density at radius 3 is 1.61 bits per heavy atom. The van der Waals surface area contributed by atoms with Gasteiger partial charge in [-0.2, -0.15) is 0 Å². The highest BCUT2D eigenvalue weighted by atomic mass is 16.5. The minimum atomic E-state index is 0.827. The molecule has 0 aromatic heterocycles. The molecular formula is C25H22N2O. The molecule has 4 rings (SSSR count). The monoisotopic (exact) mass is 366 g/mol. The molecule has 0 amide bonds. The first-order valence-electron chi connectivity index (χ1n) is 9.24. The van der Waals surface area contributed by atoms with E-state index >= 15 is 0 Å². The molecule has 3 heteroatoms. The Balaban J connectivity index is 1.46. The van der Waals surface area contributed by atoms with Crippen LogP contribution in [0.4, 0.5) is 22.7 Å². The van der Waals surface area contributed by atoms with Crippen molar-refractivity contribution >= 4 is 22.7 Å². The molecule has 2 N–H and O–H groups in total. The van der Waals surface area contributed by atoms with Crippen LogP contribution in [0, 0.1) is 0 Å². The summed E-state index contributed by atoms with van der Waals surface area (Å²) in [6.45, 7) is 0. The molecule has 0 aliphatic carbocycles. The van der Waals surface area contributed by atoms with Gasteiger partial charge >= 0.3 is 0 Å². The zero-order valence-electron chi connectivity index (χ0n) is 15.7. The van der Waals surface area contributed by atoms with Crippen LogP contribution < -0.4 is 15.4 Å². The van der Waals surface area contributed by atoms with E-state index in [2.05, 4.69) is 71.3 Å². The number of nitrogens with one attached hydrogen (secondary N) is 2. The third-order valence-electron chi connectivity index (χ3n) is 4.55. The first-order chi connectivity index (χ1) is 13.8. The SMILES string of the molecule is COc1ccccc1Nc1ccc(-c2ccc(Nc3ccccc3)cc2)cc1. The van der Waals surface area contributed by atoms with Gasteiger partial charge in [-0.05, 0) is 59.7 Å². The molecule has 4 aromatic carbocycles. The van der Waals surface area contributed by atoms with Gasteiger partial charge in [0.2, 0.25) is 0 Å². The van der Waals surface area contributed by atoms with Gasteiger partial charge in [-0.15, -0.1) is 0 Å². The fourth-order valence-electron chi connectivity index (χ4n) is 3.08. The number of ether oxygens (including phenoxy) is 1. The number of anilines is 4. The van der Waals surface area contributed by atoms with Gasteiger partial charge in [0.1, 0.15) is 5.75 Å². The van der Waals surface area contributed by atoms with Crippen molar-refractivity contribution in [1.82, 2.24) is 0 Å². The molecule has 0 fully saturated rings. The van der Waals surface area contributed by atoms with Crippen molar-refractivity contribution in [2.75, 3.05) is 17.7 Å². The Kier molecular flexibility index (Phi) is 5.25. The van der Waals surface area contributed by atoms with Crippen LogP contribution in [-0.2, 0) is 0 Å². The average Bonchev–Trinajstić information content (AvgIpc) is 2.76. The van der Waals surface area contributed by atoms with Crippen LogP contribution in [0.5, 0.6) is 5.75 Å². The van der Waals surface area contributed by atoms with Crippen molar-refractivity contribution in [3.05, 3.63) is 103 Å². The fourth-order valence-corrected chi connectivity index (χ4v) is 3.08. The van der Waals surface area contributed by atoms with E-state index in [1.165, 1.54) is 11.1 Å². The first-order valence-corrected chi connectivity index (χ1v) is 9.24. The molecule has 0 heterocycles. The van der Waals surface area contributed by atoms with Crippen molar-refractivity contribution in [3.63, 3.8) is 0 Å². The topological polar surface area (TPSA) is 33.3 Å². The van der Waals surface area contributed by atoms with E-state index in [9.17, 15) is 0 Å². The second kappa shape index (κ2) is 8.31. The molecule has 0 atom stereocenters. The van der Waals surface area contributed by atoms with Crippen molar-refractivity contribution in [3.8, 4) is 16.9 Å². The largest absolute Gasteiger partial charge is 0.495 e. The summed E-state index contributed by atoms with van der Waals surface area (Å²) < 4.78 is 5.40. The van der Waals surface area contributed by atoms with Gasteiger partial charge in [-0.3, -0.25) is 0 Å². The van der Waals surface area contributed by atoms with Crippen molar-refractivity contribution < 1.29 is 4.74 Å². The quantitative estimate of drug-likeness (QED) is 0.391. The van der Waals surface area contributed by atoms with Crippen LogP contribution in [0.2, 0.25) is 0 Å². The van der Waals surface area contributed by atoms with Gasteiger partial charge < -0.3 is 15.4 Å². The normalized spacial score (nSPS) is 10.3. The molecular weight excluding hydrogens is 344 g/mol. The molecule has 0 aliphatic rings. The molecule has 4 aromatic rings. The Bertz CT molecular complexity index is 1030. The standard InChI is InChI=1S/C25H22N2O/c1-28-25-10-6-5-9-24(25)27-23-17-13-20(14-18-23)19-11-15-22(16-12-19)26-21-7-3-2-4-8-21/h2-18,26-27H,1H3. The molecule has 0 spiro atoms. The van der Waals surface area contributed by atoms with Crippen LogP contribution in [0.3, 0.4) is 0 Å². The van der Waals surface area contributed by atoms with Crippen LogP contribution in [0.1, 0.15) is 0 Å². The minimum Gasteiger partial charge on any atom is -0.495 e. The molecule has 0 saturated heterocycles. The fraction of sp³-hybridized carbons (Fsp3) is 0.0400. The van der Waals surface area contributed by atoms with Gasteiger partial charge in [0.15, 0.2) is 0 Å². The Labute approximate surface area is 165 Å². The number of hydrogen-bond donors (Lipinski definition) is 2. The zero-order chi connectivity index (χ0) is 19.2. The summed E-state index contributed by atoms with van der Waals surface area (Å²) in [6, 6.07) is 35.0. The van der Waals surface area contributed by atoms with Gasteiger partial charge in [-0.25, -0.2) is 0 Å². The molecule has 0 radical (unpaired) electrons. The molecule has 0 saturated carbocycles. The lowest BCUT2D eigenvalue weighted by molar-refractivity contribution is 0.417. The molecule has 0 bridgehead atoms. The molecule has 138 valence electrons. The number of hydrogen-bond acceptors (Lipinski definition) is 3.